The molecule has 0 fully saturated rings. The predicted molar refractivity (Wildman–Crippen MR) is 86.1 cm³/mol. The quantitative estimate of drug-likeness (QED) is 0.479. The number of ether oxygens (including phenoxy) is 1. The fourth-order valence-corrected chi connectivity index (χ4v) is 2.58. The van der Waals surface area contributed by atoms with E-state index in [-0.39, 0.29) is 5.69 Å². The van der Waals surface area contributed by atoms with Gasteiger partial charge in [0.15, 0.2) is 0 Å². The minimum atomic E-state index is -0.400. The molecule has 0 aliphatic carbocycles. The van der Waals surface area contributed by atoms with E-state index in [1.807, 2.05) is 0 Å². The molecule has 2 aromatic rings. The zero-order valence-corrected chi connectivity index (χ0v) is 12.8. The Morgan fingerprint density at radius 3 is 2.90 bits per heavy atom. The maximum absolute atomic E-state index is 11.0. The van der Waals surface area contributed by atoms with Gasteiger partial charge in [-0.3, -0.25) is 15.1 Å². The van der Waals surface area contributed by atoms with Crippen LogP contribution in [0.2, 0.25) is 0 Å². The van der Waals surface area contributed by atoms with Crippen molar-refractivity contribution in [3.8, 4) is 5.75 Å². The number of benzene rings is 1. The van der Waals surface area contributed by atoms with Gasteiger partial charge in [0.1, 0.15) is 11.3 Å². The van der Waals surface area contributed by atoms with Gasteiger partial charge in [-0.15, -0.1) is 0 Å². The van der Waals surface area contributed by atoms with Crippen molar-refractivity contribution in [2.45, 2.75) is 19.8 Å². The molecule has 6 heteroatoms. The molecule has 0 amide bonds. The molecule has 0 radical (unpaired) electrons. The van der Waals surface area contributed by atoms with E-state index in [1.165, 1.54) is 6.07 Å². The van der Waals surface area contributed by atoms with Crippen molar-refractivity contribution in [1.82, 2.24) is 4.98 Å². The van der Waals surface area contributed by atoms with Crippen LogP contribution in [0, 0.1) is 16.0 Å². The van der Waals surface area contributed by atoms with Crippen LogP contribution in [-0.2, 0) is 0 Å². The van der Waals surface area contributed by atoms with Crippen molar-refractivity contribution < 1.29 is 9.66 Å². The molecule has 0 bridgehead atoms. The van der Waals surface area contributed by atoms with Crippen LogP contribution < -0.4 is 4.74 Å². The standard InChI is InChI=1S/C15H18N2O3S/c1-11(7-10-21)6-9-20-14-5-4-13(17(18)19)12-3-2-8-16-15(12)14/h2-5,8,11,21H,6-7,9-10H2,1H3. The third-order valence-electron chi connectivity index (χ3n) is 3.40. The summed E-state index contributed by atoms with van der Waals surface area (Å²) in [6.45, 7) is 2.73. The molecule has 0 saturated heterocycles. The average Bonchev–Trinajstić information content (AvgIpc) is 2.47. The molecule has 5 nitrogen and oxygen atoms in total. The molecule has 1 atom stereocenters. The molecule has 1 aromatic heterocycles. The summed E-state index contributed by atoms with van der Waals surface area (Å²) in [5.74, 6) is 2.00. The summed E-state index contributed by atoms with van der Waals surface area (Å²) in [5.41, 5.74) is 0.586. The molecule has 1 heterocycles. The Kier molecular flexibility index (Phi) is 5.38. The van der Waals surface area contributed by atoms with Gasteiger partial charge < -0.3 is 4.74 Å². The Morgan fingerprint density at radius 2 is 2.19 bits per heavy atom. The molecule has 21 heavy (non-hydrogen) atoms. The third-order valence-corrected chi connectivity index (χ3v) is 3.65. The lowest BCUT2D eigenvalue weighted by Gasteiger charge is -2.12. The van der Waals surface area contributed by atoms with E-state index < -0.39 is 4.92 Å². The van der Waals surface area contributed by atoms with Crippen LogP contribution >= 0.6 is 12.6 Å². The first kappa shape index (κ1) is 15.6. The minimum absolute atomic E-state index is 0.0499. The summed E-state index contributed by atoms with van der Waals surface area (Å²) >= 11 is 4.22. The van der Waals surface area contributed by atoms with Crippen LogP contribution in [0.3, 0.4) is 0 Å². The summed E-state index contributed by atoms with van der Waals surface area (Å²) in [5, 5.41) is 11.5. The van der Waals surface area contributed by atoms with Gasteiger partial charge in [-0.25, -0.2) is 0 Å². The van der Waals surface area contributed by atoms with Crippen LogP contribution in [0.5, 0.6) is 5.75 Å². The first-order chi connectivity index (χ1) is 10.1. The van der Waals surface area contributed by atoms with Crippen molar-refractivity contribution in [2.75, 3.05) is 12.4 Å². The third kappa shape index (κ3) is 3.85. The van der Waals surface area contributed by atoms with Crippen LogP contribution in [0.1, 0.15) is 19.8 Å². The fourth-order valence-electron chi connectivity index (χ4n) is 2.14. The number of pyridine rings is 1. The molecule has 1 unspecified atom stereocenters. The van der Waals surface area contributed by atoms with Crippen molar-refractivity contribution in [3.05, 3.63) is 40.6 Å². The van der Waals surface area contributed by atoms with E-state index in [9.17, 15) is 10.1 Å². The van der Waals surface area contributed by atoms with Crippen LogP contribution in [-0.4, -0.2) is 22.3 Å². The van der Waals surface area contributed by atoms with Gasteiger partial charge in [-0.05, 0) is 42.7 Å². The van der Waals surface area contributed by atoms with Gasteiger partial charge in [-0.2, -0.15) is 12.6 Å². The second-order valence-corrected chi connectivity index (χ2v) is 5.44. The number of thiol groups is 1. The van der Waals surface area contributed by atoms with Gasteiger partial charge in [0.25, 0.3) is 5.69 Å². The SMILES string of the molecule is CC(CCS)CCOc1ccc([N+](=O)[O-])c2cccnc12. The summed E-state index contributed by atoms with van der Waals surface area (Å²) in [6, 6.07) is 6.47. The van der Waals surface area contributed by atoms with E-state index in [4.69, 9.17) is 4.74 Å². The highest BCUT2D eigenvalue weighted by molar-refractivity contribution is 7.80. The molecule has 0 aliphatic heterocycles. The molecule has 112 valence electrons. The number of nitro benzene ring substituents is 1. The Balaban J connectivity index is 2.18. The monoisotopic (exact) mass is 306 g/mol. The molecule has 2 rings (SSSR count). The van der Waals surface area contributed by atoms with E-state index in [1.54, 1.807) is 24.4 Å². The zero-order chi connectivity index (χ0) is 15.2. The first-order valence-electron chi connectivity index (χ1n) is 6.89. The molecule has 0 aliphatic rings. The predicted octanol–water partition coefficient (Wildman–Crippen LogP) is 3.87. The Labute approximate surface area is 128 Å². The van der Waals surface area contributed by atoms with Crippen LogP contribution in [0.25, 0.3) is 10.9 Å². The van der Waals surface area contributed by atoms with Gasteiger partial charge in [0.2, 0.25) is 0 Å². The highest BCUT2D eigenvalue weighted by Gasteiger charge is 2.15. The van der Waals surface area contributed by atoms with E-state index in [0.29, 0.717) is 29.2 Å². The average molecular weight is 306 g/mol. The van der Waals surface area contributed by atoms with E-state index >= 15 is 0 Å². The second-order valence-electron chi connectivity index (χ2n) is 4.99. The highest BCUT2D eigenvalue weighted by Crippen LogP contribution is 2.31. The number of fused-ring (bicyclic) bond motifs is 1. The van der Waals surface area contributed by atoms with Crippen molar-refractivity contribution >= 4 is 29.2 Å². The van der Waals surface area contributed by atoms with E-state index in [2.05, 4.69) is 24.5 Å². The second kappa shape index (κ2) is 7.26. The van der Waals surface area contributed by atoms with Crippen molar-refractivity contribution in [3.63, 3.8) is 0 Å². The lowest BCUT2D eigenvalue weighted by Crippen LogP contribution is -2.05. The molecular formula is C15H18N2O3S. The summed E-state index contributed by atoms with van der Waals surface area (Å²) < 4.78 is 5.76. The van der Waals surface area contributed by atoms with Gasteiger partial charge in [0.05, 0.1) is 16.9 Å². The lowest BCUT2D eigenvalue weighted by molar-refractivity contribution is -0.383. The minimum Gasteiger partial charge on any atom is -0.491 e. The molecule has 1 aromatic carbocycles. The van der Waals surface area contributed by atoms with Crippen molar-refractivity contribution in [1.29, 1.82) is 0 Å². The number of nitro groups is 1. The molecule has 0 N–H and O–H groups in total. The Hall–Kier alpha value is -1.82. The normalized spacial score (nSPS) is 12.3. The number of aromatic nitrogens is 1. The largest absolute Gasteiger partial charge is 0.491 e. The maximum atomic E-state index is 11.0. The van der Waals surface area contributed by atoms with Crippen molar-refractivity contribution in [2.24, 2.45) is 5.92 Å². The first-order valence-corrected chi connectivity index (χ1v) is 7.52. The van der Waals surface area contributed by atoms with Crippen LogP contribution in [0.15, 0.2) is 30.5 Å². The Morgan fingerprint density at radius 1 is 1.38 bits per heavy atom. The highest BCUT2D eigenvalue weighted by atomic mass is 32.1. The van der Waals surface area contributed by atoms with Gasteiger partial charge in [0, 0.05) is 12.3 Å². The smallest absolute Gasteiger partial charge is 0.279 e. The fraction of sp³-hybridized carbons (Fsp3) is 0.400. The summed E-state index contributed by atoms with van der Waals surface area (Å²) in [7, 11) is 0. The van der Waals surface area contributed by atoms with E-state index in [0.717, 1.165) is 18.6 Å². The summed E-state index contributed by atoms with van der Waals surface area (Å²) in [6.07, 6.45) is 3.58. The number of nitrogens with zero attached hydrogens (tertiary/aromatic N) is 2. The number of non-ortho nitro benzene ring substituents is 1. The summed E-state index contributed by atoms with van der Waals surface area (Å²) in [4.78, 5) is 14.8. The number of hydrogen-bond donors (Lipinski definition) is 1. The topological polar surface area (TPSA) is 65.3 Å². The van der Waals surface area contributed by atoms with Gasteiger partial charge in [-0.1, -0.05) is 6.92 Å². The maximum Gasteiger partial charge on any atom is 0.279 e. The molecule has 0 spiro atoms. The number of rotatable bonds is 7. The Bertz CT molecular complexity index is 633. The molecule has 0 saturated carbocycles. The molecular weight excluding hydrogens is 288 g/mol. The van der Waals surface area contributed by atoms with Gasteiger partial charge >= 0.3 is 0 Å². The van der Waals surface area contributed by atoms with Crippen LogP contribution in [0.4, 0.5) is 5.69 Å². The zero-order valence-electron chi connectivity index (χ0n) is 11.9. The number of hydrogen-bond acceptors (Lipinski definition) is 5. The lowest BCUT2D eigenvalue weighted by atomic mass is 10.1.